The molecule has 0 N–H and O–H groups in total. The molecule has 1 amide bonds. The average Bonchev–Trinajstić information content (AvgIpc) is 3.10. The van der Waals surface area contributed by atoms with E-state index in [-0.39, 0.29) is 17.8 Å². The molecule has 4 aromatic rings. The van der Waals surface area contributed by atoms with Crippen LogP contribution in [0, 0.1) is 5.92 Å². The molecule has 0 radical (unpaired) electrons. The third kappa shape index (κ3) is 5.15. The minimum absolute atomic E-state index is 0.0402. The molecule has 7 nitrogen and oxygen atoms in total. The van der Waals surface area contributed by atoms with Crippen LogP contribution >= 0.6 is 0 Å². The average molecular weight is 441 g/mol. The maximum atomic E-state index is 13.3. The summed E-state index contributed by atoms with van der Waals surface area (Å²) in [6.45, 7) is 2.31. The Hall–Kier alpha value is -3.84. The van der Waals surface area contributed by atoms with Gasteiger partial charge in [-0.1, -0.05) is 24.3 Å². The number of para-hydroxylation sites is 1. The quantitative estimate of drug-likeness (QED) is 0.464. The lowest BCUT2D eigenvalue weighted by atomic mass is 9.99. The normalized spacial score (nSPS) is 16.4. The van der Waals surface area contributed by atoms with E-state index in [0.29, 0.717) is 37.6 Å². The summed E-state index contributed by atoms with van der Waals surface area (Å²) in [6, 6.07) is 19.3. The minimum atomic E-state index is -0.0402. The first-order valence-electron chi connectivity index (χ1n) is 11.0. The molecule has 1 aliphatic heterocycles. The molecule has 1 saturated heterocycles. The summed E-state index contributed by atoms with van der Waals surface area (Å²) in [7, 11) is 0. The number of nitrogens with zero attached hydrogens (tertiary/aromatic N) is 4. The first-order valence-corrected chi connectivity index (χ1v) is 11.0. The topological polar surface area (TPSA) is 77.4 Å². The Balaban J connectivity index is 1.29. The Kier molecular flexibility index (Phi) is 6.21. The number of aromatic nitrogens is 3. The van der Waals surface area contributed by atoms with Crippen LogP contribution in [0.3, 0.4) is 0 Å². The fourth-order valence-corrected chi connectivity index (χ4v) is 4.07. The standard InChI is InChI=1S/C26H24N4O3/c31-25(22-6-3-7-23(15-22)33-26-27-9-4-10-28-26)30-11-12-32-18-20(17-30)13-19-14-21-5-1-2-8-24(21)29-16-19/h1-10,14-16,20H,11-13,17-18H2/t20-/m0/s1. The minimum Gasteiger partial charge on any atom is -0.424 e. The van der Waals surface area contributed by atoms with Gasteiger partial charge in [-0.05, 0) is 48.4 Å². The van der Waals surface area contributed by atoms with E-state index in [0.717, 1.165) is 22.9 Å². The van der Waals surface area contributed by atoms with Gasteiger partial charge in [0, 0.05) is 48.5 Å². The summed E-state index contributed by atoms with van der Waals surface area (Å²) >= 11 is 0. The van der Waals surface area contributed by atoms with E-state index >= 15 is 0 Å². The number of pyridine rings is 1. The maximum Gasteiger partial charge on any atom is 0.321 e. The largest absolute Gasteiger partial charge is 0.424 e. The fourth-order valence-electron chi connectivity index (χ4n) is 4.07. The number of carbonyl (C=O) groups excluding carboxylic acids is 1. The Morgan fingerprint density at radius 3 is 2.82 bits per heavy atom. The summed E-state index contributed by atoms with van der Waals surface area (Å²) in [6.07, 6.45) is 5.95. The van der Waals surface area contributed by atoms with E-state index in [2.05, 4.69) is 27.1 Å². The number of rotatable bonds is 5. The molecule has 5 rings (SSSR count). The van der Waals surface area contributed by atoms with Crippen molar-refractivity contribution in [1.29, 1.82) is 0 Å². The van der Waals surface area contributed by atoms with E-state index in [4.69, 9.17) is 9.47 Å². The highest BCUT2D eigenvalue weighted by molar-refractivity contribution is 5.94. The lowest BCUT2D eigenvalue weighted by molar-refractivity contribution is 0.0737. The Morgan fingerprint density at radius 1 is 1.03 bits per heavy atom. The van der Waals surface area contributed by atoms with E-state index in [1.807, 2.05) is 29.3 Å². The predicted molar refractivity (Wildman–Crippen MR) is 124 cm³/mol. The van der Waals surface area contributed by atoms with Crippen molar-refractivity contribution in [2.24, 2.45) is 5.92 Å². The summed E-state index contributed by atoms with van der Waals surface area (Å²) in [5, 5.41) is 1.12. The van der Waals surface area contributed by atoms with Crippen molar-refractivity contribution in [1.82, 2.24) is 19.9 Å². The van der Waals surface area contributed by atoms with Crippen molar-refractivity contribution in [3.05, 3.63) is 90.4 Å². The zero-order valence-corrected chi connectivity index (χ0v) is 18.1. The second kappa shape index (κ2) is 9.75. The van der Waals surface area contributed by atoms with E-state index < -0.39 is 0 Å². The van der Waals surface area contributed by atoms with Gasteiger partial charge in [0.05, 0.1) is 18.7 Å². The van der Waals surface area contributed by atoms with Crippen LogP contribution in [0.1, 0.15) is 15.9 Å². The first-order chi connectivity index (χ1) is 16.2. The molecule has 166 valence electrons. The summed E-state index contributed by atoms with van der Waals surface area (Å²) in [5.74, 6) is 0.676. The number of carbonyl (C=O) groups is 1. The molecular formula is C26H24N4O3. The van der Waals surface area contributed by atoms with Crippen molar-refractivity contribution < 1.29 is 14.3 Å². The second-order valence-corrected chi connectivity index (χ2v) is 8.09. The maximum absolute atomic E-state index is 13.3. The molecule has 3 heterocycles. The molecule has 1 aliphatic rings. The Bertz CT molecular complexity index is 1250. The predicted octanol–water partition coefficient (Wildman–Crippen LogP) is 4.15. The third-order valence-electron chi connectivity index (χ3n) is 5.63. The van der Waals surface area contributed by atoms with Gasteiger partial charge in [-0.2, -0.15) is 0 Å². The molecular weight excluding hydrogens is 416 g/mol. The van der Waals surface area contributed by atoms with Gasteiger partial charge in [-0.15, -0.1) is 0 Å². The molecule has 2 aromatic carbocycles. The summed E-state index contributed by atoms with van der Waals surface area (Å²) in [5.41, 5.74) is 2.70. The van der Waals surface area contributed by atoms with Gasteiger partial charge in [0.1, 0.15) is 5.75 Å². The second-order valence-electron chi connectivity index (χ2n) is 8.09. The van der Waals surface area contributed by atoms with E-state index in [1.165, 1.54) is 0 Å². The lowest BCUT2D eigenvalue weighted by Crippen LogP contribution is -2.36. The molecule has 1 fully saturated rings. The van der Waals surface area contributed by atoms with Gasteiger partial charge in [-0.25, -0.2) is 9.97 Å². The molecule has 0 unspecified atom stereocenters. The van der Waals surface area contributed by atoms with Crippen molar-refractivity contribution in [3.63, 3.8) is 0 Å². The van der Waals surface area contributed by atoms with Gasteiger partial charge >= 0.3 is 6.01 Å². The smallest absolute Gasteiger partial charge is 0.321 e. The van der Waals surface area contributed by atoms with Crippen molar-refractivity contribution >= 4 is 16.8 Å². The van der Waals surface area contributed by atoms with Gasteiger partial charge < -0.3 is 14.4 Å². The van der Waals surface area contributed by atoms with Gasteiger partial charge in [-0.3, -0.25) is 9.78 Å². The van der Waals surface area contributed by atoms with Crippen molar-refractivity contribution in [2.75, 3.05) is 26.3 Å². The van der Waals surface area contributed by atoms with Crippen LogP contribution in [0.2, 0.25) is 0 Å². The van der Waals surface area contributed by atoms with Crippen LogP contribution < -0.4 is 4.74 Å². The Labute approximate surface area is 192 Å². The highest BCUT2D eigenvalue weighted by Gasteiger charge is 2.24. The van der Waals surface area contributed by atoms with Gasteiger partial charge in [0.2, 0.25) is 0 Å². The Morgan fingerprint density at radius 2 is 1.91 bits per heavy atom. The SMILES string of the molecule is O=C(c1cccc(Oc2ncccn2)c1)N1CCOC[C@@H](Cc2cnc3ccccc3c2)C1. The molecule has 0 bridgehead atoms. The molecule has 0 saturated carbocycles. The number of hydrogen-bond acceptors (Lipinski definition) is 6. The monoisotopic (exact) mass is 440 g/mol. The molecule has 0 spiro atoms. The van der Waals surface area contributed by atoms with Crippen molar-refractivity contribution in [3.8, 4) is 11.8 Å². The highest BCUT2D eigenvalue weighted by atomic mass is 16.5. The molecule has 0 aliphatic carbocycles. The van der Waals surface area contributed by atoms with Gasteiger partial charge in [0.25, 0.3) is 5.91 Å². The van der Waals surface area contributed by atoms with Crippen molar-refractivity contribution in [2.45, 2.75) is 6.42 Å². The molecule has 1 atom stereocenters. The van der Waals surface area contributed by atoms with E-state index in [9.17, 15) is 4.79 Å². The molecule has 7 heteroatoms. The van der Waals surface area contributed by atoms with Crippen LogP contribution in [0.25, 0.3) is 10.9 Å². The summed E-state index contributed by atoms with van der Waals surface area (Å²) in [4.78, 5) is 27.9. The number of amides is 1. The first kappa shape index (κ1) is 21.0. The number of benzene rings is 2. The van der Waals surface area contributed by atoms with Crippen LogP contribution in [-0.4, -0.2) is 52.1 Å². The molecule has 2 aromatic heterocycles. The third-order valence-corrected chi connectivity index (χ3v) is 5.63. The highest BCUT2D eigenvalue weighted by Crippen LogP contribution is 2.22. The number of ether oxygens (including phenoxy) is 2. The fraction of sp³-hybridized carbons (Fsp3) is 0.231. The van der Waals surface area contributed by atoms with E-state index in [1.54, 1.807) is 42.7 Å². The van der Waals surface area contributed by atoms with Gasteiger partial charge in [0.15, 0.2) is 0 Å². The number of hydrogen-bond donors (Lipinski definition) is 0. The zero-order chi connectivity index (χ0) is 22.5. The zero-order valence-electron chi connectivity index (χ0n) is 18.1. The number of fused-ring (bicyclic) bond motifs is 1. The van der Waals surface area contributed by atoms with Crippen LogP contribution in [0.4, 0.5) is 0 Å². The lowest BCUT2D eigenvalue weighted by Gasteiger charge is -2.24. The molecule has 33 heavy (non-hydrogen) atoms. The van der Waals surface area contributed by atoms with Crippen LogP contribution in [0.15, 0.2) is 79.3 Å². The van der Waals surface area contributed by atoms with Crippen LogP contribution in [-0.2, 0) is 11.2 Å². The van der Waals surface area contributed by atoms with Crippen LogP contribution in [0.5, 0.6) is 11.8 Å². The summed E-state index contributed by atoms with van der Waals surface area (Å²) < 4.78 is 11.5.